The van der Waals surface area contributed by atoms with Gasteiger partial charge in [0.1, 0.15) is 0 Å². The first kappa shape index (κ1) is 16.9. The van der Waals surface area contributed by atoms with Crippen LogP contribution in [0.4, 0.5) is 11.4 Å². The summed E-state index contributed by atoms with van der Waals surface area (Å²) in [5.41, 5.74) is 2.80. The fraction of sp³-hybridized carbons (Fsp3) is 0.300. The zero-order chi connectivity index (χ0) is 18.1. The molecule has 1 aliphatic carbocycles. The van der Waals surface area contributed by atoms with Crippen molar-refractivity contribution < 1.29 is 9.59 Å². The van der Waals surface area contributed by atoms with Crippen molar-refractivity contribution >= 4 is 34.8 Å². The van der Waals surface area contributed by atoms with E-state index >= 15 is 0 Å². The minimum atomic E-state index is -0.0274. The van der Waals surface area contributed by atoms with Crippen molar-refractivity contribution in [3.8, 4) is 0 Å². The number of piperazine rings is 1. The number of hydrogen-bond acceptors (Lipinski definition) is 3. The molecule has 0 aromatic heterocycles. The molecule has 1 aliphatic heterocycles. The van der Waals surface area contributed by atoms with Crippen molar-refractivity contribution in [2.75, 3.05) is 29.9 Å². The summed E-state index contributed by atoms with van der Waals surface area (Å²) < 4.78 is 0. The molecule has 5 nitrogen and oxygen atoms in total. The number of nitrogens with one attached hydrogen (secondary N) is 2. The van der Waals surface area contributed by atoms with Gasteiger partial charge < -0.3 is 15.5 Å². The lowest BCUT2D eigenvalue weighted by atomic mass is 10.1. The van der Waals surface area contributed by atoms with Crippen LogP contribution in [0.1, 0.15) is 17.9 Å². The van der Waals surface area contributed by atoms with Crippen LogP contribution in [0.3, 0.4) is 0 Å². The van der Waals surface area contributed by atoms with Crippen molar-refractivity contribution in [1.29, 1.82) is 0 Å². The third-order valence-electron chi connectivity index (χ3n) is 4.97. The Morgan fingerprint density at radius 3 is 2.65 bits per heavy atom. The van der Waals surface area contributed by atoms with E-state index in [0.29, 0.717) is 13.1 Å². The van der Waals surface area contributed by atoms with Crippen LogP contribution in [0.5, 0.6) is 0 Å². The zero-order valence-corrected chi connectivity index (χ0v) is 15.0. The third-order valence-corrected chi connectivity index (χ3v) is 5.31. The molecule has 134 valence electrons. The molecule has 1 heterocycles. The Morgan fingerprint density at radius 2 is 1.92 bits per heavy atom. The summed E-state index contributed by atoms with van der Waals surface area (Å²) in [6.45, 7) is 1.81. The van der Waals surface area contributed by atoms with Gasteiger partial charge in [0.05, 0.1) is 6.54 Å². The van der Waals surface area contributed by atoms with Crippen molar-refractivity contribution in [2.24, 2.45) is 5.92 Å². The highest BCUT2D eigenvalue weighted by Crippen LogP contribution is 2.50. The topological polar surface area (TPSA) is 61.4 Å². The van der Waals surface area contributed by atoms with Crippen molar-refractivity contribution in [3.63, 3.8) is 0 Å². The Hall–Kier alpha value is -2.53. The monoisotopic (exact) mass is 369 g/mol. The van der Waals surface area contributed by atoms with Crippen LogP contribution in [0.25, 0.3) is 0 Å². The molecule has 2 atom stereocenters. The largest absolute Gasteiger partial charge is 0.360 e. The van der Waals surface area contributed by atoms with Crippen LogP contribution < -0.4 is 15.5 Å². The number of carbonyl (C=O) groups is 2. The highest BCUT2D eigenvalue weighted by Gasteiger charge is 2.44. The van der Waals surface area contributed by atoms with Gasteiger partial charge in [0.25, 0.3) is 0 Å². The maximum Gasteiger partial charge on any atom is 0.239 e. The molecule has 1 saturated heterocycles. The van der Waals surface area contributed by atoms with E-state index in [1.165, 1.54) is 0 Å². The van der Waals surface area contributed by atoms with E-state index in [9.17, 15) is 9.59 Å². The summed E-state index contributed by atoms with van der Waals surface area (Å²) in [6, 6.07) is 15.3. The predicted octanol–water partition coefficient (Wildman–Crippen LogP) is 3.02. The Morgan fingerprint density at radius 1 is 1.15 bits per heavy atom. The molecule has 2 aromatic rings. The van der Waals surface area contributed by atoms with Gasteiger partial charge in [-0.3, -0.25) is 9.59 Å². The molecule has 0 radical (unpaired) electrons. The number of halogens is 1. The average Bonchev–Trinajstić information content (AvgIpc) is 3.43. The van der Waals surface area contributed by atoms with Crippen LogP contribution >= 0.6 is 11.6 Å². The third kappa shape index (κ3) is 3.53. The molecule has 0 unspecified atom stereocenters. The summed E-state index contributed by atoms with van der Waals surface area (Å²) in [5.74, 6) is 0.239. The lowest BCUT2D eigenvalue weighted by Gasteiger charge is -2.28. The Balaban J connectivity index is 1.37. The molecule has 0 bridgehead atoms. The van der Waals surface area contributed by atoms with Gasteiger partial charge in [-0.25, -0.2) is 0 Å². The van der Waals surface area contributed by atoms with Gasteiger partial charge in [0.15, 0.2) is 0 Å². The second-order valence-electron chi connectivity index (χ2n) is 6.78. The Labute approximate surface area is 157 Å². The van der Waals surface area contributed by atoms with Crippen LogP contribution in [-0.4, -0.2) is 31.4 Å². The van der Waals surface area contributed by atoms with Gasteiger partial charge in [-0.05, 0) is 48.2 Å². The first-order valence-corrected chi connectivity index (χ1v) is 9.16. The van der Waals surface area contributed by atoms with Gasteiger partial charge in [-0.15, -0.1) is 0 Å². The number of nitrogens with zero attached hydrogens (tertiary/aromatic N) is 1. The lowest BCUT2D eigenvalue weighted by molar-refractivity contribution is -0.120. The fourth-order valence-corrected chi connectivity index (χ4v) is 3.73. The summed E-state index contributed by atoms with van der Waals surface area (Å²) in [7, 11) is 0. The second kappa shape index (κ2) is 7.00. The zero-order valence-electron chi connectivity index (χ0n) is 14.2. The molecule has 2 N–H and O–H groups in total. The van der Waals surface area contributed by atoms with Gasteiger partial charge in [0, 0.05) is 35.4 Å². The van der Waals surface area contributed by atoms with Crippen LogP contribution in [-0.2, 0) is 9.59 Å². The second-order valence-corrected chi connectivity index (χ2v) is 7.19. The van der Waals surface area contributed by atoms with Crippen molar-refractivity contribution in [3.05, 3.63) is 59.1 Å². The molecule has 1 saturated carbocycles. The minimum absolute atomic E-state index is 0.0274. The Bertz CT molecular complexity index is 837. The van der Waals surface area contributed by atoms with E-state index in [0.717, 1.165) is 34.9 Å². The number of carbonyl (C=O) groups excluding carboxylic acids is 2. The first-order valence-electron chi connectivity index (χ1n) is 8.79. The van der Waals surface area contributed by atoms with E-state index < -0.39 is 0 Å². The standard InChI is InChI=1S/C20H20ClN3O2/c21-18-4-2-1-3-15(18)16-11-17(16)20(26)23-13-5-7-14(8-6-13)24-10-9-22-19(25)12-24/h1-8,16-17H,9-12H2,(H,22,25)(H,23,26)/t16-,17-/m1/s1. The maximum absolute atomic E-state index is 12.5. The van der Waals surface area contributed by atoms with Crippen LogP contribution in [0.2, 0.25) is 5.02 Å². The highest BCUT2D eigenvalue weighted by molar-refractivity contribution is 6.31. The molecular formula is C20H20ClN3O2. The van der Waals surface area contributed by atoms with E-state index in [1.807, 2.05) is 53.4 Å². The molecule has 0 spiro atoms. The number of anilines is 2. The predicted molar refractivity (Wildman–Crippen MR) is 103 cm³/mol. The number of hydrogen-bond donors (Lipinski definition) is 2. The van der Waals surface area contributed by atoms with Crippen LogP contribution in [0, 0.1) is 5.92 Å². The summed E-state index contributed by atoms with van der Waals surface area (Å²) in [4.78, 5) is 26.0. The first-order chi connectivity index (χ1) is 12.6. The maximum atomic E-state index is 12.5. The number of amides is 2. The van der Waals surface area contributed by atoms with E-state index in [1.54, 1.807) is 0 Å². The molecule has 2 amide bonds. The average molecular weight is 370 g/mol. The van der Waals surface area contributed by atoms with E-state index in [2.05, 4.69) is 10.6 Å². The quantitative estimate of drug-likeness (QED) is 0.870. The highest BCUT2D eigenvalue weighted by atomic mass is 35.5. The number of benzene rings is 2. The van der Waals surface area contributed by atoms with Gasteiger partial charge >= 0.3 is 0 Å². The molecule has 6 heteroatoms. The normalized spacial score (nSPS) is 21.9. The van der Waals surface area contributed by atoms with Gasteiger partial charge in [0.2, 0.25) is 11.8 Å². The minimum Gasteiger partial charge on any atom is -0.360 e. The van der Waals surface area contributed by atoms with Gasteiger partial charge in [-0.1, -0.05) is 29.8 Å². The molecule has 2 aromatic carbocycles. The van der Waals surface area contributed by atoms with E-state index in [-0.39, 0.29) is 23.7 Å². The SMILES string of the molecule is O=C1CN(c2ccc(NC(=O)[C@@H]3C[C@@H]3c3ccccc3Cl)cc2)CCN1. The summed E-state index contributed by atoms with van der Waals surface area (Å²) in [6.07, 6.45) is 0.830. The van der Waals surface area contributed by atoms with Crippen LogP contribution in [0.15, 0.2) is 48.5 Å². The molecule has 2 aliphatic rings. The lowest BCUT2D eigenvalue weighted by Crippen LogP contribution is -2.47. The van der Waals surface area contributed by atoms with Gasteiger partial charge in [-0.2, -0.15) is 0 Å². The van der Waals surface area contributed by atoms with Crippen molar-refractivity contribution in [2.45, 2.75) is 12.3 Å². The molecular weight excluding hydrogens is 350 g/mol. The summed E-state index contributed by atoms with van der Waals surface area (Å²) in [5, 5.41) is 6.52. The smallest absolute Gasteiger partial charge is 0.239 e. The fourth-order valence-electron chi connectivity index (χ4n) is 3.45. The molecule has 26 heavy (non-hydrogen) atoms. The summed E-state index contributed by atoms with van der Waals surface area (Å²) >= 11 is 6.23. The molecule has 2 fully saturated rings. The molecule has 4 rings (SSSR count). The Kier molecular flexibility index (Phi) is 4.55. The van der Waals surface area contributed by atoms with Crippen molar-refractivity contribution in [1.82, 2.24) is 5.32 Å². The number of rotatable bonds is 4. The van der Waals surface area contributed by atoms with E-state index in [4.69, 9.17) is 11.6 Å².